The molecule has 0 atom stereocenters. The lowest BCUT2D eigenvalue weighted by Crippen LogP contribution is -2.04. The van der Waals surface area contributed by atoms with Gasteiger partial charge in [0.2, 0.25) is 0 Å². The molecular weight excluding hydrogens is 150 g/mol. The molecule has 0 fully saturated rings. The van der Waals surface area contributed by atoms with Crippen LogP contribution in [0.5, 0.6) is 0 Å². The van der Waals surface area contributed by atoms with Gasteiger partial charge in [0.05, 0.1) is 0 Å². The van der Waals surface area contributed by atoms with Crippen LogP contribution < -0.4 is 4.84 Å². The van der Waals surface area contributed by atoms with Crippen LogP contribution in [0.25, 0.3) is 0 Å². The van der Waals surface area contributed by atoms with E-state index in [4.69, 9.17) is 11.8 Å². The normalized spacial score (nSPS) is 8.90. The molecule has 0 N–H and O–H groups in total. The summed E-state index contributed by atoms with van der Waals surface area (Å²) in [5.74, 6) is -0.401. The molecule has 2 nitrogen and oxygen atoms in total. The monoisotopic (exact) mass is 154 g/mol. The van der Waals surface area contributed by atoms with Crippen molar-refractivity contribution in [1.29, 1.82) is 0 Å². The third-order valence-corrected chi connectivity index (χ3v) is 1.25. The molecule has 1 rings (SSSR count). The Labute approximate surface area is 63.9 Å². The quantitative estimate of drug-likeness (QED) is 0.604. The summed E-state index contributed by atoms with van der Waals surface area (Å²) < 4.78 is 0. The number of hydrogen-bond acceptors (Lipinski definition) is 1. The molecule has 3 heteroatoms. The van der Waals surface area contributed by atoms with Crippen molar-refractivity contribution in [2.45, 2.75) is 0 Å². The van der Waals surface area contributed by atoms with Crippen LogP contribution in [0.1, 0.15) is 10.4 Å². The topological polar surface area (TPSA) is 31.2 Å². The summed E-state index contributed by atoms with van der Waals surface area (Å²) in [5.41, 5.74) is 0.512. The molecule has 1 amide bonds. The van der Waals surface area contributed by atoms with Gasteiger partial charge in [0.15, 0.2) is 0 Å². The highest BCUT2D eigenvalue weighted by molar-refractivity contribution is 6.23. The summed E-state index contributed by atoms with van der Waals surface area (Å²) in [7, 11) is 0. The van der Waals surface area contributed by atoms with Crippen LogP contribution in [0, 0.1) is 0 Å². The predicted octanol–water partition coefficient (Wildman–Crippen LogP) is 1.58. The van der Waals surface area contributed by atoms with Crippen LogP contribution >= 0.6 is 11.8 Å². The third-order valence-electron chi connectivity index (χ3n) is 1.10. The molecule has 0 unspecified atom stereocenters. The molecule has 1 aromatic carbocycles. The van der Waals surface area contributed by atoms with Crippen LogP contribution in [-0.2, 0) is 0 Å². The Morgan fingerprint density at radius 3 is 2.40 bits per heavy atom. The summed E-state index contributed by atoms with van der Waals surface area (Å²) in [6, 6.07) is 8.66. The third kappa shape index (κ3) is 1.48. The molecule has 0 aliphatic rings. The molecule has 51 valence electrons. The Kier molecular flexibility index (Phi) is 2.29. The van der Waals surface area contributed by atoms with Crippen LogP contribution in [0.15, 0.2) is 30.3 Å². The Morgan fingerprint density at radius 2 is 1.90 bits per heavy atom. The van der Waals surface area contributed by atoms with Gasteiger partial charge in [0.25, 0.3) is 5.91 Å². The fourth-order valence-electron chi connectivity index (χ4n) is 0.630. The Morgan fingerprint density at radius 1 is 1.30 bits per heavy atom. The van der Waals surface area contributed by atoms with Gasteiger partial charge in [-0.2, -0.15) is 0 Å². The molecule has 0 heterocycles. The van der Waals surface area contributed by atoms with Crippen molar-refractivity contribution in [3.8, 4) is 0 Å². The number of halogens is 1. The predicted molar refractivity (Wildman–Crippen MR) is 38.8 cm³/mol. The first kappa shape index (κ1) is 7.09. The van der Waals surface area contributed by atoms with E-state index in [-0.39, 0.29) is 0 Å². The van der Waals surface area contributed by atoms with Gasteiger partial charge >= 0.3 is 0 Å². The Hall–Kier alpha value is -1.02. The number of carbonyl (C=O) groups excluding carboxylic acids is 1. The zero-order chi connectivity index (χ0) is 7.40. The smallest absolute Gasteiger partial charge is 0.266 e. The van der Waals surface area contributed by atoms with E-state index >= 15 is 0 Å². The first-order valence-corrected chi connectivity index (χ1v) is 3.10. The van der Waals surface area contributed by atoms with Crippen molar-refractivity contribution in [2.24, 2.45) is 0 Å². The van der Waals surface area contributed by atoms with Crippen LogP contribution in [0.3, 0.4) is 0 Å². The molecule has 0 saturated heterocycles. The number of rotatable bonds is 1. The van der Waals surface area contributed by atoms with Crippen LogP contribution in [0.2, 0.25) is 0 Å². The highest BCUT2D eigenvalue weighted by Crippen LogP contribution is 1.98. The van der Waals surface area contributed by atoms with Gasteiger partial charge in [-0.05, 0) is 12.1 Å². The maximum absolute atomic E-state index is 10.7. The minimum absolute atomic E-state index is 0.401. The van der Waals surface area contributed by atoms with Crippen molar-refractivity contribution >= 4 is 17.7 Å². The molecule has 0 bridgehead atoms. The molecule has 0 aromatic heterocycles. The van der Waals surface area contributed by atoms with Gasteiger partial charge in [0.1, 0.15) is 0 Å². The van der Waals surface area contributed by atoms with Gasteiger partial charge in [-0.1, -0.05) is 18.2 Å². The standard InChI is InChI=1S/C7H5ClNO/c8-9-7(10)6-4-2-1-3-5-6/h1-5H. The minimum atomic E-state index is -0.401. The van der Waals surface area contributed by atoms with Crippen molar-refractivity contribution in [3.05, 3.63) is 35.9 Å². The van der Waals surface area contributed by atoms with Crippen molar-refractivity contribution in [2.75, 3.05) is 0 Å². The molecule has 0 aliphatic heterocycles. The molecule has 0 aliphatic carbocycles. The zero-order valence-corrected chi connectivity index (χ0v) is 5.88. The van der Waals surface area contributed by atoms with E-state index in [0.717, 1.165) is 0 Å². The van der Waals surface area contributed by atoms with E-state index in [0.29, 0.717) is 5.56 Å². The van der Waals surface area contributed by atoms with E-state index in [1.54, 1.807) is 24.3 Å². The summed E-state index contributed by atoms with van der Waals surface area (Å²) in [6.07, 6.45) is 0. The summed E-state index contributed by atoms with van der Waals surface area (Å²) in [4.78, 5) is 13.7. The Balaban J connectivity index is 2.85. The van der Waals surface area contributed by atoms with Gasteiger partial charge in [0, 0.05) is 17.3 Å². The number of amides is 1. The number of benzene rings is 1. The van der Waals surface area contributed by atoms with Crippen molar-refractivity contribution in [1.82, 2.24) is 4.84 Å². The number of carbonyl (C=O) groups is 1. The molecule has 0 saturated carbocycles. The molecule has 10 heavy (non-hydrogen) atoms. The number of nitrogens with zero attached hydrogens (tertiary/aromatic N) is 1. The summed E-state index contributed by atoms with van der Waals surface area (Å²) >= 11 is 4.96. The summed E-state index contributed by atoms with van der Waals surface area (Å²) in [6.45, 7) is 0. The van der Waals surface area contributed by atoms with Crippen molar-refractivity contribution < 1.29 is 4.79 Å². The van der Waals surface area contributed by atoms with Crippen LogP contribution in [-0.4, -0.2) is 5.91 Å². The van der Waals surface area contributed by atoms with E-state index in [2.05, 4.69) is 4.84 Å². The first-order chi connectivity index (χ1) is 4.84. The number of hydrogen-bond donors (Lipinski definition) is 0. The maximum atomic E-state index is 10.7. The van der Waals surface area contributed by atoms with E-state index in [1.807, 2.05) is 6.07 Å². The van der Waals surface area contributed by atoms with Crippen molar-refractivity contribution in [3.63, 3.8) is 0 Å². The second-order valence-electron chi connectivity index (χ2n) is 1.76. The largest absolute Gasteiger partial charge is 0.288 e. The fourth-order valence-corrected chi connectivity index (χ4v) is 0.727. The molecular formula is C7H5ClNO. The second-order valence-corrected chi connectivity index (χ2v) is 1.92. The summed E-state index contributed by atoms with van der Waals surface area (Å²) in [5, 5.41) is 0. The maximum Gasteiger partial charge on any atom is 0.288 e. The molecule has 1 aromatic rings. The van der Waals surface area contributed by atoms with E-state index in [1.165, 1.54) is 0 Å². The SMILES string of the molecule is O=C([N]Cl)c1ccccc1. The Bertz CT molecular complexity index is 222. The lowest BCUT2D eigenvalue weighted by atomic mass is 10.2. The lowest BCUT2D eigenvalue weighted by molar-refractivity contribution is 0.0978. The average molecular weight is 155 g/mol. The highest BCUT2D eigenvalue weighted by atomic mass is 35.5. The van der Waals surface area contributed by atoms with Gasteiger partial charge < -0.3 is 0 Å². The fraction of sp³-hybridized carbons (Fsp3) is 0. The van der Waals surface area contributed by atoms with Crippen LogP contribution in [0.4, 0.5) is 0 Å². The lowest BCUT2D eigenvalue weighted by Gasteiger charge is -1.91. The minimum Gasteiger partial charge on any atom is -0.266 e. The second kappa shape index (κ2) is 3.22. The average Bonchev–Trinajstić information content (AvgIpc) is 2.05. The van der Waals surface area contributed by atoms with Gasteiger partial charge in [-0.3, -0.25) is 4.79 Å². The first-order valence-electron chi connectivity index (χ1n) is 2.76. The van der Waals surface area contributed by atoms with Gasteiger partial charge in [-0.15, -0.1) is 4.84 Å². The van der Waals surface area contributed by atoms with Gasteiger partial charge in [-0.25, -0.2) is 0 Å². The highest BCUT2D eigenvalue weighted by Gasteiger charge is 2.01. The zero-order valence-electron chi connectivity index (χ0n) is 5.12. The molecule has 0 spiro atoms. The van der Waals surface area contributed by atoms with E-state index in [9.17, 15) is 4.79 Å². The molecule has 1 radical (unpaired) electrons. The van der Waals surface area contributed by atoms with E-state index < -0.39 is 5.91 Å².